The molecule has 1 saturated heterocycles. The van der Waals surface area contributed by atoms with E-state index < -0.39 is 0 Å². The zero-order valence-electron chi connectivity index (χ0n) is 23.7. The number of likely N-dealkylation sites (tertiary alicyclic amines) is 1. The fourth-order valence-electron chi connectivity index (χ4n) is 5.96. The van der Waals surface area contributed by atoms with E-state index in [2.05, 4.69) is 41.1 Å². The van der Waals surface area contributed by atoms with Gasteiger partial charge in [-0.1, -0.05) is 37.3 Å². The number of carbonyl (C=O) groups is 2. The SMILES string of the molecule is CCCC(=O)Nc1ccc(CC(N)CC(=O)N2CCCC(c3c(C)c4ccccc4n3CCCOC)C2)cc1. The molecule has 0 radical (unpaired) electrons. The minimum absolute atomic E-state index is 0.0259. The molecule has 2 aromatic carbocycles. The Morgan fingerprint density at radius 1 is 1.15 bits per heavy atom. The van der Waals surface area contributed by atoms with Crippen molar-refractivity contribution in [3.63, 3.8) is 0 Å². The number of amides is 2. The monoisotopic (exact) mass is 532 g/mol. The molecule has 0 aliphatic carbocycles. The number of rotatable bonds is 12. The van der Waals surface area contributed by atoms with Crippen LogP contribution in [0.1, 0.15) is 68.2 Å². The number of nitrogens with two attached hydrogens (primary N) is 1. The summed E-state index contributed by atoms with van der Waals surface area (Å²) in [5.74, 6) is 0.470. The van der Waals surface area contributed by atoms with Gasteiger partial charge in [-0.05, 0) is 68.4 Å². The Labute approximate surface area is 232 Å². The lowest BCUT2D eigenvalue weighted by molar-refractivity contribution is -0.132. The molecule has 0 saturated carbocycles. The van der Waals surface area contributed by atoms with Crippen molar-refractivity contribution in [2.75, 3.05) is 32.1 Å². The summed E-state index contributed by atoms with van der Waals surface area (Å²) in [6.07, 6.45) is 5.33. The van der Waals surface area contributed by atoms with Crippen LogP contribution < -0.4 is 11.1 Å². The van der Waals surface area contributed by atoms with Gasteiger partial charge in [-0.25, -0.2) is 0 Å². The van der Waals surface area contributed by atoms with Gasteiger partial charge in [0.1, 0.15) is 0 Å². The average Bonchev–Trinajstić information content (AvgIpc) is 3.21. The molecule has 2 amide bonds. The third kappa shape index (κ3) is 7.28. The maximum Gasteiger partial charge on any atom is 0.224 e. The largest absolute Gasteiger partial charge is 0.385 e. The number of carbonyl (C=O) groups excluding carboxylic acids is 2. The summed E-state index contributed by atoms with van der Waals surface area (Å²) in [5, 5.41) is 4.21. The summed E-state index contributed by atoms with van der Waals surface area (Å²) in [4.78, 5) is 27.2. The number of para-hydroxylation sites is 1. The number of fused-ring (bicyclic) bond motifs is 1. The first-order valence-electron chi connectivity index (χ1n) is 14.4. The Balaban J connectivity index is 1.39. The maximum atomic E-state index is 13.3. The topological polar surface area (TPSA) is 89.6 Å². The molecule has 3 aromatic rings. The fourth-order valence-corrected chi connectivity index (χ4v) is 5.96. The van der Waals surface area contributed by atoms with E-state index in [-0.39, 0.29) is 17.9 Å². The van der Waals surface area contributed by atoms with Gasteiger partial charge in [0.05, 0.1) is 0 Å². The number of nitrogens with zero attached hydrogens (tertiary/aromatic N) is 2. The van der Waals surface area contributed by atoms with E-state index in [0.29, 0.717) is 25.2 Å². The molecule has 7 heteroatoms. The van der Waals surface area contributed by atoms with E-state index in [1.165, 1.54) is 22.2 Å². The van der Waals surface area contributed by atoms with Gasteiger partial charge in [-0.3, -0.25) is 9.59 Å². The van der Waals surface area contributed by atoms with Crippen molar-refractivity contribution in [3.8, 4) is 0 Å². The normalized spacial score (nSPS) is 16.4. The van der Waals surface area contributed by atoms with E-state index in [0.717, 1.165) is 63.2 Å². The Kier molecular flexibility index (Phi) is 10.2. The number of methoxy groups -OCH3 is 1. The van der Waals surface area contributed by atoms with Gasteiger partial charge in [0, 0.05) is 80.4 Å². The highest BCUT2D eigenvalue weighted by molar-refractivity contribution is 5.90. The lowest BCUT2D eigenvalue weighted by Crippen LogP contribution is -2.42. The van der Waals surface area contributed by atoms with Gasteiger partial charge in [0.2, 0.25) is 11.8 Å². The molecule has 1 aliphatic rings. The number of piperidine rings is 1. The highest BCUT2D eigenvalue weighted by Crippen LogP contribution is 2.36. The molecule has 1 aromatic heterocycles. The van der Waals surface area contributed by atoms with Crippen LogP contribution in [0.5, 0.6) is 0 Å². The van der Waals surface area contributed by atoms with Gasteiger partial charge in [0.15, 0.2) is 0 Å². The summed E-state index contributed by atoms with van der Waals surface area (Å²) in [7, 11) is 1.75. The molecule has 3 N–H and O–H groups in total. The smallest absolute Gasteiger partial charge is 0.224 e. The predicted octanol–water partition coefficient (Wildman–Crippen LogP) is 5.39. The minimum atomic E-state index is -0.249. The predicted molar refractivity (Wildman–Crippen MR) is 158 cm³/mol. The second-order valence-electron chi connectivity index (χ2n) is 10.9. The van der Waals surface area contributed by atoms with Crippen LogP contribution in [-0.2, 0) is 27.3 Å². The number of aryl methyl sites for hydroxylation is 2. The molecular formula is C32H44N4O3. The highest BCUT2D eigenvalue weighted by Gasteiger charge is 2.29. The molecule has 1 aliphatic heterocycles. The summed E-state index contributed by atoms with van der Waals surface area (Å²) in [6.45, 7) is 7.38. The molecular weight excluding hydrogens is 488 g/mol. The number of nitrogens with one attached hydrogen (secondary N) is 1. The van der Waals surface area contributed by atoms with Crippen LogP contribution in [0.2, 0.25) is 0 Å². The summed E-state index contributed by atoms with van der Waals surface area (Å²) < 4.78 is 7.79. The molecule has 0 spiro atoms. The van der Waals surface area contributed by atoms with E-state index in [9.17, 15) is 9.59 Å². The van der Waals surface area contributed by atoms with Crippen LogP contribution in [-0.4, -0.2) is 54.1 Å². The molecule has 2 unspecified atom stereocenters. The van der Waals surface area contributed by atoms with Crippen molar-refractivity contribution in [3.05, 3.63) is 65.4 Å². The quantitative estimate of drug-likeness (QED) is 0.306. The van der Waals surface area contributed by atoms with Crippen LogP contribution in [0.15, 0.2) is 48.5 Å². The third-order valence-corrected chi connectivity index (χ3v) is 7.81. The molecule has 2 atom stereocenters. The van der Waals surface area contributed by atoms with Crippen LogP contribution >= 0.6 is 0 Å². The Bertz CT molecular complexity index is 1250. The number of aromatic nitrogens is 1. The van der Waals surface area contributed by atoms with Gasteiger partial charge in [-0.2, -0.15) is 0 Å². The minimum Gasteiger partial charge on any atom is -0.385 e. The first kappa shape index (κ1) is 28.8. The van der Waals surface area contributed by atoms with E-state index >= 15 is 0 Å². The number of ether oxygens (including phenoxy) is 1. The number of hydrogen-bond acceptors (Lipinski definition) is 4. The molecule has 39 heavy (non-hydrogen) atoms. The van der Waals surface area contributed by atoms with Crippen molar-refractivity contribution in [2.45, 2.75) is 77.3 Å². The first-order valence-corrected chi connectivity index (χ1v) is 14.4. The zero-order valence-corrected chi connectivity index (χ0v) is 23.7. The Hall–Kier alpha value is -3.16. The highest BCUT2D eigenvalue weighted by atomic mass is 16.5. The zero-order chi connectivity index (χ0) is 27.8. The van der Waals surface area contributed by atoms with Gasteiger partial charge in [0.25, 0.3) is 0 Å². The Morgan fingerprint density at radius 2 is 1.92 bits per heavy atom. The number of benzene rings is 2. The molecule has 4 rings (SSSR count). The van der Waals surface area contributed by atoms with E-state index in [4.69, 9.17) is 10.5 Å². The van der Waals surface area contributed by atoms with Crippen molar-refractivity contribution in [1.82, 2.24) is 9.47 Å². The van der Waals surface area contributed by atoms with Crippen molar-refractivity contribution in [1.29, 1.82) is 0 Å². The fraction of sp³-hybridized carbons (Fsp3) is 0.500. The summed E-state index contributed by atoms with van der Waals surface area (Å²) >= 11 is 0. The van der Waals surface area contributed by atoms with Crippen LogP contribution in [0.25, 0.3) is 10.9 Å². The van der Waals surface area contributed by atoms with Crippen LogP contribution in [0.4, 0.5) is 5.69 Å². The number of anilines is 1. The van der Waals surface area contributed by atoms with E-state index in [1.807, 2.05) is 36.1 Å². The third-order valence-electron chi connectivity index (χ3n) is 7.81. The van der Waals surface area contributed by atoms with Gasteiger partial charge in [-0.15, -0.1) is 0 Å². The Morgan fingerprint density at radius 3 is 2.67 bits per heavy atom. The van der Waals surface area contributed by atoms with Crippen LogP contribution in [0.3, 0.4) is 0 Å². The lowest BCUT2D eigenvalue weighted by Gasteiger charge is -2.34. The standard InChI is InChI=1S/C32H44N4O3/c1-4-9-30(37)34-27-15-13-24(14-16-27)20-26(33)21-31(38)35-17-7-10-25(22-35)32-23(2)28-11-5-6-12-29(28)36(32)18-8-19-39-3/h5-6,11-16,25-26H,4,7-10,17-22,33H2,1-3H3,(H,34,37). The summed E-state index contributed by atoms with van der Waals surface area (Å²) in [5.41, 5.74) is 12.3. The molecule has 2 heterocycles. The van der Waals surface area contributed by atoms with Crippen molar-refractivity contribution >= 4 is 28.4 Å². The molecule has 210 valence electrons. The van der Waals surface area contributed by atoms with Crippen molar-refractivity contribution < 1.29 is 14.3 Å². The molecule has 1 fully saturated rings. The van der Waals surface area contributed by atoms with Crippen molar-refractivity contribution in [2.24, 2.45) is 5.73 Å². The second-order valence-corrected chi connectivity index (χ2v) is 10.9. The lowest BCUT2D eigenvalue weighted by atomic mass is 9.91. The van der Waals surface area contributed by atoms with Crippen LogP contribution in [0, 0.1) is 6.92 Å². The average molecular weight is 533 g/mol. The molecule has 7 nitrogen and oxygen atoms in total. The van der Waals surface area contributed by atoms with Gasteiger partial charge >= 0.3 is 0 Å². The van der Waals surface area contributed by atoms with E-state index in [1.54, 1.807) is 7.11 Å². The summed E-state index contributed by atoms with van der Waals surface area (Å²) in [6, 6.07) is 16.1. The molecule has 0 bridgehead atoms. The first-order chi connectivity index (χ1) is 18.9. The van der Waals surface area contributed by atoms with Gasteiger partial charge < -0.3 is 25.3 Å². The second kappa shape index (κ2) is 13.8. The number of hydrogen-bond donors (Lipinski definition) is 2. The maximum absolute atomic E-state index is 13.3.